The lowest BCUT2D eigenvalue weighted by Gasteiger charge is -2.24. The predicted octanol–water partition coefficient (Wildman–Crippen LogP) is 2.13. The smallest absolute Gasteiger partial charge is 0.414 e. The van der Waals surface area contributed by atoms with Gasteiger partial charge in [-0.2, -0.15) is 5.26 Å². The first-order valence-corrected chi connectivity index (χ1v) is 9.55. The lowest BCUT2D eigenvalue weighted by molar-refractivity contribution is -0.119. The molecule has 1 aromatic carbocycles. The molecule has 1 aromatic rings. The Labute approximate surface area is 163 Å². The van der Waals surface area contributed by atoms with Crippen molar-refractivity contribution < 1.29 is 18.7 Å². The van der Waals surface area contributed by atoms with Crippen molar-refractivity contribution >= 4 is 23.4 Å². The molecule has 3 aliphatic rings. The Morgan fingerprint density at radius 1 is 1.39 bits per heavy atom. The molecule has 0 spiro atoms. The summed E-state index contributed by atoms with van der Waals surface area (Å²) in [5.41, 5.74) is 0.971. The molecular weight excluding hydrogens is 363 g/mol. The van der Waals surface area contributed by atoms with Gasteiger partial charge in [0.05, 0.1) is 30.5 Å². The summed E-state index contributed by atoms with van der Waals surface area (Å²) in [7, 11) is 0. The molecule has 0 bridgehead atoms. The minimum atomic E-state index is -0.543. The summed E-state index contributed by atoms with van der Waals surface area (Å²) in [5, 5.41) is 11.7. The van der Waals surface area contributed by atoms with Crippen LogP contribution in [0.4, 0.5) is 20.6 Å². The van der Waals surface area contributed by atoms with E-state index in [-0.39, 0.29) is 30.7 Å². The van der Waals surface area contributed by atoms with Crippen LogP contribution in [0.1, 0.15) is 13.8 Å². The summed E-state index contributed by atoms with van der Waals surface area (Å²) in [4.78, 5) is 26.5. The van der Waals surface area contributed by atoms with Crippen LogP contribution in [-0.4, -0.2) is 44.3 Å². The lowest BCUT2D eigenvalue weighted by atomic mass is 10.0. The number of halogens is 1. The van der Waals surface area contributed by atoms with Crippen LogP contribution in [0.15, 0.2) is 18.2 Å². The number of ether oxygens (including phenoxy) is 1. The predicted molar refractivity (Wildman–Crippen MR) is 100 cm³/mol. The van der Waals surface area contributed by atoms with Gasteiger partial charge in [0.2, 0.25) is 5.91 Å². The van der Waals surface area contributed by atoms with Gasteiger partial charge in [0.15, 0.2) is 0 Å². The van der Waals surface area contributed by atoms with Crippen molar-refractivity contribution in [3.63, 3.8) is 0 Å². The molecule has 2 heterocycles. The van der Waals surface area contributed by atoms with Gasteiger partial charge in [0, 0.05) is 25.9 Å². The number of nitriles is 1. The molecule has 4 atom stereocenters. The standard InChI is InChI=1S/C20H23FN4O3/c1-11(6-22)19-15-9-24(10-16(15)19)18-4-3-13(5-17(18)21)25-8-14(28-20(25)27)7-23-12(2)26/h3-5,11,14-16,19H,7-10H2,1-2H3,(H,23,26)/t11?,14-,15?,16?,19?/m0/s1. The Kier molecular flexibility index (Phi) is 4.61. The average Bonchev–Trinajstić information content (AvgIpc) is 2.99. The highest BCUT2D eigenvalue weighted by Crippen LogP contribution is 2.56. The fourth-order valence-corrected chi connectivity index (χ4v) is 4.61. The third-order valence-electron chi connectivity index (χ3n) is 6.08. The number of carbonyl (C=O) groups is 2. The zero-order valence-electron chi connectivity index (χ0n) is 15.9. The molecule has 1 aliphatic carbocycles. The highest BCUT2D eigenvalue weighted by atomic mass is 19.1. The number of benzene rings is 1. The fourth-order valence-electron chi connectivity index (χ4n) is 4.61. The topological polar surface area (TPSA) is 85.7 Å². The number of amides is 2. The van der Waals surface area contributed by atoms with Crippen LogP contribution in [0.2, 0.25) is 0 Å². The van der Waals surface area contributed by atoms with E-state index in [1.165, 1.54) is 17.9 Å². The summed E-state index contributed by atoms with van der Waals surface area (Å²) < 4.78 is 20.0. The van der Waals surface area contributed by atoms with Gasteiger partial charge in [-0.05, 0) is 42.9 Å². The summed E-state index contributed by atoms with van der Waals surface area (Å²) in [6.07, 6.45) is -0.998. The van der Waals surface area contributed by atoms with Gasteiger partial charge in [-0.25, -0.2) is 9.18 Å². The highest BCUT2D eigenvalue weighted by Gasteiger charge is 2.58. The zero-order valence-corrected chi connectivity index (χ0v) is 15.9. The molecule has 0 aromatic heterocycles. The number of anilines is 2. The van der Waals surface area contributed by atoms with Crippen molar-refractivity contribution in [3.8, 4) is 6.07 Å². The van der Waals surface area contributed by atoms with Crippen molar-refractivity contribution in [2.75, 3.05) is 36.0 Å². The second-order valence-corrected chi connectivity index (χ2v) is 7.92. The van der Waals surface area contributed by atoms with E-state index in [1.54, 1.807) is 12.1 Å². The van der Waals surface area contributed by atoms with Crippen molar-refractivity contribution in [1.29, 1.82) is 5.26 Å². The molecule has 1 N–H and O–H groups in total. The van der Waals surface area contributed by atoms with E-state index >= 15 is 0 Å². The number of hydrogen-bond acceptors (Lipinski definition) is 5. The average molecular weight is 386 g/mol. The minimum absolute atomic E-state index is 0.0518. The summed E-state index contributed by atoms with van der Waals surface area (Å²) >= 11 is 0. The van der Waals surface area contributed by atoms with Crippen LogP contribution in [0.25, 0.3) is 0 Å². The Morgan fingerprint density at radius 2 is 2.11 bits per heavy atom. The van der Waals surface area contributed by atoms with E-state index in [4.69, 9.17) is 10.00 Å². The molecule has 2 saturated heterocycles. The molecule has 3 unspecified atom stereocenters. The lowest BCUT2D eigenvalue weighted by Crippen LogP contribution is -2.33. The first-order valence-electron chi connectivity index (χ1n) is 9.55. The number of piperidine rings is 1. The summed E-state index contributed by atoms with van der Waals surface area (Å²) in [6.45, 7) is 5.38. The van der Waals surface area contributed by atoms with E-state index < -0.39 is 12.2 Å². The Bertz CT molecular complexity index is 842. The molecule has 2 amide bonds. The maximum atomic E-state index is 14.8. The molecule has 148 valence electrons. The molecule has 2 aliphatic heterocycles. The first kappa shape index (κ1) is 18.5. The van der Waals surface area contributed by atoms with Crippen LogP contribution in [0, 0.1) is 40.8 Å². The third kappa shape index (κ3) is 3.26. The molecular formula is C20H23FN4O3. The number of nitrogens with zero attached hydrogens (tertiary/aromatic N) is 3. The minimum Gasteiger partial charge on any atom is -0.442 e. The van der Waals surface area contributed by atoms with Gasteiger partial charge in [0.25, 0.3) is 0 Å². The van der Waals surface area contributed by atoms with Gasteiger partial charge >= 0.3 is 6.09 Å². The number of fused-ring (bicyclic) bond motifs is 1. The Morgan fingerprint density at radius 3 is 2.71 bits per heavy atom. The SMILES string of the molecule is CC(=O)NC[C@H]1CN(c2ccc(N3CC4C(C3)C4C(C)C#N)c(F)c2)C(=O)O1. The van der Waals surface area contributed by atoms with Crippen LogP contribution in [0.3, 0.4) is 0 Å². The molecule has 8 heteroatoms. The number of hydrogen-bond donors (Lipinski definition) is 1. The highest BCUT2D eigenvalue weighted by molar-refractivity contribution is 5.90. The van der Waals surface area contributed by atoms with Gasteiger partial charge in [0.1, 0.15) is 11.9 Å². The number of nitrogens with one attached hydrogen (secondary N) is 1. The van der Waals surface area contributed by atoms with E-state index in [0.29, 0.717) is 29.1 Å². The van der Waals surface area contributed by atoms with Gasteiger partial charge in [-0.1, -0.05) is 0 Å². The van der Waals surface area contributed by atoms with Gasteiger partial charge in [-0.15, -0.1) is 0 Å². The Balaban J connectivity index is 1.40. The van der Waals surface area contributed by atoms with E-state index in [9.17, 15) is 14.0 Å². The second-order valence-electron chi connectivity index (χ2n) is 7.92. The summed E-state index contributed by atoms with van der Waals surface area (Å²) in [5.74, 6) is 0.856. The normalized spacial score (nSPS) is 29.1. The number of cyclic esters (lactones) is 1. The largest absolute Gasteiger partial charge is 0.442 e. The van der Waals surface area contributed by atoms with Crippen LogP contribution >= 0.6 is 0 Å². The van der Waals surface area contributed by atoms with Gasteiger partial charge < -0.3 is 15.0 Å². The van der Waals surface area contributed by atoms with Crippen molar-refractivity contribution in [2.24, 2.45) is 23.7 Å². The number of rotatable bonds is 5. The molecule has 3 fully saturated rings. The maximum absolute atomic E-state index is 14.8. The van der Waals surface area contributed by atoms with E-state index in [0.717, 1.165) is 13.1 Å². The Hall–Kier alpha value is -2.82. The molecule has 7 nitrogen and oxygen atoms in total. The molecule has 0 radical (unpaired) electrons. The quantitative estimate of drug-likeness (QED) is 0.838. The zero-order chi connectivity index (χ0) is 20.0. The molecule has 28 heavy (non-hydrogen) atoms. The van der Waals surface area contributed by atoms with Crippen molar-refractivity contribution in [2.45, 2.75) is 20.0 Å². The van der Waals surface area contributed by atoms with Crippen molar-refractivity contribution in [1.82, 2.24) is 5.32 Å². The van der Waals surface area contributed by atoms with Crippen molar-refractivity contribution in [3.05, 3.63) is 24.0 Å². The van der Waals surface area contributed by atoms with Gasteiger partial charge in [-0.3, -0.25) is 9.69 Å². The van der Waals surface area contributed by atoms with E-state index in [2.05, 4.69) is 11.4 Å². The third-order valence-corrected chi connectivity index (χ3v) is 6.08. The molecule has 1 saturated carbocycles. The van der Waals surface area contributed by atoms with Crippen LogP contribution < -0.4 is 15.1 Å². The molecule has 4 rings (SSSR count). The number of carbonyl (C=O) groups excluding carboxylic acids is 2. The fraction of sp³-hybridized carbons (Fsp3) is 0.550. The maximum Gasteiger partial charge on any atom is 0.414 e. The van der Waals surface area contributed by atoms with E-state index in [1.807, 2.05) is 11.8 Å². The first-order chi connectivity index (χ1) is 13.4. The van der Waals surface area contributed by atoms with Crippen LogP contribution in [-0.2, 0) is 9.53 Å². The second kappa shape index (κ2) is 6.97. The monoisotopic (exact) mass is 386 g/mol. The van der Waals surface area contributed by atoms with Crippen LogP contribution in [0.5, 0.6) is 0 Å². The summed E-state index contributed by atoms with van der Waals surface area (Å²) in [6, 6.07) is 7.10.